The Bertz CT molecular complexity index is 1360. The first-order chi connectivity index (χ1) is 17.4. The minimum atomic E-state index is -1.17. The molecule has 1 saturated carbocycles. The summed E-state index contributed by atoms with van der Waals surface area (Å²) in [5.74, 6) is -3.40. The van der Waals surface area contributed by atoms with Gasteiger partial charge in [-0.2, -0.15) is 0 Å². The molecule has 2 amide bonds. The van der Waals surface area contributed by atoms with Crippen LogP contribution in [0.1, 0.15) is 37.8 Å². The SMILES string of the molecule is CC[C@]12C(=O)[C@](CC)(C(c3ccccc3)=C1c1ccccc1)[C@H]1C(=O)N(c3ccccc3F)C(=O)[C@H]12. The number of allylic oxidation sites excluding steroid dienone is 2. The monoisotopic (exact) mass is 479 g/mol. The average molecular weight is 480 g/mol. The van der Waals surface area contributed by atoms with Gasteiger partial charge in [-0.3, -0.25) is 14.4 Å². The van der Waals surface area contributed by atoms with Crippen LogP contribution in [0.25, 0.3) is 11.1 Å². The number of carbonyl (C=O) groups excluding carboxylic acids is 3. The maximum atomic E-state index is 14.9. The van der Waals surface area contributed by atoms with Crippen molar-refractivity contribution in [3.05, 3.63) is 102 Å². The number of para-hydroxylation sites is 1. The summed E-state index contributed by atoms with van der Waals surface area (Å²) < 4.78 is 14.9. The lowest BCUT2D eigenvalue weighted by molar-refractivity contribution is -0.134. The van der Waals surface area contributed by atoms with Crippen LogP contribution < -0.4 is 4.90 Å². The summed E-state index contributed by atoms with van der Waals surface area (Å²) >= 11 is 0. The number of hydrogen-bond donors (Lipinski definition) is 0. The average Bonchev–Trinajstić information content (AvgIpc) is 3.41. The minimum Gasteiger partial charge on any atom is -0.298 e. The summed E-state index contributed by atoms with van der Waals surface area (Å²) in [6.07, 6.45) is 0.749. The number of fused-ring (bicyclic) bond motifs is 5. The molecule has 4 nitrogen and oxygen atoms in total. The van der Waals surface area contributed by atoms with Gasteiger partial charge in [0.05, 0.1) is 28.4 Å². The molecule has 1 saturated heterocycles. The van der Waals surface area contributed by atoms with Crippen LogP contribution in [0.3, 0.4) is 0 Å². The Morgan fingerprint density at radius 2 is 1.08 bits per heavy atom. The highest BCUT2D eigenvalue weighted by molar-refractivity contribution is 6.34. The highest BCUT2D eigenvalue weighted by Gasteiger charge is 2.80. The molecule has 0 spiro atoms. The van der Waals surface area contributed by atoms with Crippen molar-refractivity contribution in [1.82, 2.24) is 0 Å². The molecule has 2 aliphatic carbocycles. The van der Waals surface area contributed by atoms with Crippen LogP contribution in [0.5, 0.6) is 0 Å². The highest BCUT2D eigenvalue weighted by Crippen LogP contribution is 2.75. The smallest absolute Gasteiger partial charge is 0.239 e. The zero-order valence-electron chi connectivity index (χ0n) is 20.2. The van der Waals surface area contributed by atoms with Crippen LogP contribution in [0.4, 0.5) is 10.1 Å². The summed E-state index contributed by atoms with van der Waals surface area (Å²) in [4.78, 5) is 43.8. The third-order valence-electron chi connectivity index (χ3n) is 8.65. The van der Waals surface area contributed by atoms with Crippen molar-refractivity contribution in [2.45, 2.75) is 26.7 Å². The third-order valence-corrected chi connectivity index (χ3v) is 8.65. The van der Waals surface area contributed by atoms with Crippen molar-refractivity contribution in [3.8, 4) is 0 Å². The fourth-order valence-electron chi connectivity index (χ4n) is 7.33. The van der Waals surface area contributed by atoms with Gasteiger partial charge >= 0.3 is 0 Å². The Labute approximate surface area is 209 Å². The Morgan fingerprint density at radius 3 is 1.50 bits per heavy atom. The van der Waals surface area contributed by atoms with Gasteiger partial charge in [0.1, 0.15) is 5.82 Å². The molecule has 4 atom stereocenters. The van der Waals surface area contributed by atoms with Crippen LogP contribution in [-0.4, -0.2) is 17.6 Å². The lowest BCUT2D eigenvalue weighted by atomic mass is 9.60. The second-order valence-electron chi connectivity index (χ2n) is 9.88. The summed E-state index contributed by atoms with van der Waals surface area (Å²) in [5.41, 5.74) is 1.05. The Balaban J connectivity index is 1.69. The van der Waals surface area contributed by atoms with Crippen molar-refractivity contribution in [2.75, 3.05) is 4.90 Å². The lowest BCUT2D eigenvalue weighted by Gasteiger charge is -2.38. The van der Waals surface area contributed by atoms with Crippen molar-refractivity contribution < 1.29 is 18.8 Å². The first-order valence-electron chi connectivity index (χ1n) is 12.5. The normalized spacial score (nSPS) is 28.9. The zero-order valence-corrected chi connectivity index (χ0v) is 20.2. The summed E-state index contributed by atoms with van der Waals surface area (Å²) in [5, 5.41) is 0. The number of halogens is 1. The van der Waals surface area contributed by atoms with E-state index in [9.17, 15) is 18.8 Å². The molecule has 0 N–H and O–H groups in total. The van der Waals surface area contributed by atoms with Crippen LogP contribution in [0.15, 0.2) is 84.9 Å². The molecule has 36 heavy (non-hydrogen) atoms. The number of nitrogens with zero attached hydrogens (tertiary/aromatic N) is 1. The van der Waals surface area contributed by atoms with E-state index in [0.29, 0.717) is 12.8 Å². The molecule has 0 unspecified atom stereocenters. The molecule has 3 aromatic carbocycles. The van der Waals surface area contributed by atoms with E-state index < -0.39 is 40.3 Å². The largest absolute Gasteiger partial charge is 0.298 e. The van der Waals surface area contributed by atoms with E-state index in [1.165, 1.54) is 18.2 Å². The number of anilines is 1. The number of carbonyl (C=O) groups is 3. The van der Waals surface area contributed by atoms with E-state index in [1.807, 2.05) is 74.5 Å². The summed E-state index contributed by atoms with van der Waals surface area (Å²) in [6, 6.07) is 25.3. The number of imide groups is 1. The first kappa shape index (κ1) is 22.6. The van der Waals surface area contributed by atoms with E-state index in [0.717, 1.165) is 27.2 Å². The van der Waals surface area contributed by atoms with Gasteiger partial charge in [0.25, 0.3) is 0 Å². The van der Waals surface area contributed by atoms with Crippen LogP contribution >= 0.6 is 0 Å². The number of rotatable bonds is 5. The fraction of sp³-hybridized carbons (Fsp3) is 0.258. The second-order valence-corrected chi connectivity index (χ2v) is 9.88. The molecule has 6 rings (SSSR count). The molecule has 1 aliphatic heterocycles. The van der Waals surface area contributed by atoms with E-state index in [2.05, 4.69) is 0 Å². The lowest BCUT2D eigenvalue weighted by Crippen LogP contribution is -2.42. The maximum Gasteiger partial charge on any atom is 0.239 e. The predicted molar refractivity (Wildman–Crippen MR) is 136 cm³/mol. The van der Waals surface area contributed by atoms with Gasteiger partial charge in [0, 0.05) is 0 Å². The number of amides is 2. The van der Waals surface area contributed by atoms with E-state index in [4.69, 9.17) is 0 Å². The van der Waals surface area contributed by atoms with Gasteiger partial charge < -0.3 is 0 Å². The molecule has 3 aliphatic rings. The van der Waals surface area contributed by atoms with Crippen LogP contribution in [0, 0.1) is 28.5 Å². The van der Waals surface area contributed by atoms with Crippen molar-refractivity contribution >= 4 is 34.4 Å². The molecule has 2 fully saturated rings. The Morgan fingerprint density at radius 1 is 0.667 bits per heavy atom. The first-order valence-corrected chi connectivity index (χ1v) is 12.5. The molecule has 5 heteroatoms. The van der Waals surface area contributed by atoms with Gasteiger partial charge in [0.15, 0.2) is 5.78 Å². The highest BCUT2D eigenvalue weighted by atomic mass is 19.1. The van der Waals surface area contributed by atoms with Crippen molar-refractivity contribution in [3.63, 3.8) is 0 Å². The molecule has 1 heterocycles. The minimum absolute atomic E-state index is 0.0474. The van der Waals surface area contributed by atoms with Gasteiger partial charge in [-0.15, -0.1) is 0 Å². The van der Waals surface area contributed by atoms with Gasteiger partial charge in [-0.25, -0.2) is 9.29 Å². The molecule has 2 bridgehead atoms. The van der Waals surface area contributed by atoms with E-state index in [1.54, 1.807) is 6.07 Å². The van der Waals surface area contributed by atoms with Crippen molar-refractivity contribution in [2.24, 2.45) is 22.7 Å². The topological polar surface area (TPSA) is 54.5 Å². The molecule has 3 aromatic rings. The maximum absolute atomic E-state index is 14.9. The molecule has 180 valence electrons. The Kier molecular flexibility index (Phi) is 4.91. The molecule has 0 radical (unpaired) electrons. The molecular weight excluding hydrogens is 453 g/mol. The van der Waals surface area contributed by atoms with Gasteiger partial charge in [0.2, 0.25) is 11.8 Å². The zero-order chi connectivity index (χ0) is 25.2. The molecule has 0 aromatic heterocycles. The number of Topliss-reactive ketones (excluding diaryl/α,β-unsaturated/α-hetero) is 1. The van der Waals surface area contributed by atoms with Crippen LogP contribution in [-0.2, 0) is 14.4 Å². The summed E-state index contributed by atoms with van der Waals surface area (Å²) in [6.45, 7) is 3.84. The number of ketones is 1. The van der Waals surface area contributed by atoms with Gasteiger partial charge in [-0.1, -0.05) is 86.6 Å². The second kappa shape index (κ2) is 7.82. The number of hydrogen-bond acceptors (Lipinski definition) is 3. The summed E-state index contributed by atoms with van der Waals surface area (Å²) in [7, 11) is 0. The fourth-order valence-corrected chi connectivity index (χ4v) is 7.33. The van der Waals surface area contributed by atoms with E-state index >= 15 is 0 Å². The predicted octanol–water partition coefficient (Wildman–Crippen LogP) is 5.93. The molecular formula is C31H26FNO3. The third kappa shape index (κ3) is 2.50. The number of benzene rings is 3. The van der Waals surface area contributed by atoms with Crippen molar-refractivity contribution in [1.29, 1.82) is 0 Å². The van der Waals surface area contributed by atoms with E-state index in [-0.39, 0.29) is 11.5 Å². The Hall–Kier alpha value is -3.86. The standard InChI is InChI=1S/C31H26FNO3/c1-3-30-23(19-13-7-5-8-14-19)24(20-15-9-6-10-16-20)31(4-2,29(30)36)26-25(30)27(34)33(28(26)35)22-18-12-11-17-21(22)32/h5-18,25-26H,3-4H2,1-2H3/t25-,26+,30-,31+. The quantitative estimate of drug-likeness (QED) is 0.426. The van der Waals surface area contributed by atoms with Gasteiger partial charge in [-0.05, 0) is 47.2 Å². The van der Waals surface area contributed by atoms with Crippen LogP contribution in [0.2, 0.25) is 0 Å².